The number of amides is 2. The Bertz CT molecular complexity index is 1630. The van der Waals surface area contributed by atoms with E-state index < -0.39 is 22.0 Å². The molecule has 0 radical (unpaired) electrons. The molecule has 0 spiro atoms. The fourth-order valence-corrected chi connectivity index (χ4v) is 7.17. The first kappa shape index (κ1) is 36.9. The Hall–Kier alpha value is -3.94. The SMILES string of the molecule is Cc1noc(C)c1S(=O)(=O)Nc1ccc2c(c1)C(=O)N([C@H](C)CO)C[C@@H](C)[C@@H](CN(C)C(=O)Cc1ccccc1)OCCCC[C@H](C)O2. The average molecular weight is 685 g/mol. The summed E-state index contributed by atoms with van der Waals surface area (Å²) in [5.41, 5.74) is 1.45. The van der Waals surface area contributed by atoms with Gasteiger partial charge in [-0.25, -0.2) is 8.42 Å². The lowest BCUT2D eigenvalue weighted by atomic mass is 10.0. The zero-order chi connectivity index (χ0) is 35.0. The van der Waals surface area contributed by atoms with Crippen LogP contribution in [-0.2, 0) is 26.0 Å². The van der Waals surface area contributed by atoms with Crippen LogP contribution in [0.1, 0.15) is 67.4 Å². The summed E-state index contributed by atoms with van der Waals surface area (Å²) in [4.78, 5) is 30.7. The number of hydrogen-bond acceptors (Lipinski definition) is 9. The molecule has 4 atom stereocenters. The van der Waals surface area contributed by atoms with Crippen molar-refractivity contribution in [3.63, 3.8) is 0 Å². The van der Waals surface area contributed by atoms with E-state index in [1.807, 2.05) is 44.2 Å². The van der Waals surface area contributed by atoms with Gasteiger partial charge >= 0.3 is 0 Å². The number of fused-ring (bicyclic) bond motifs is 1. The van der Waals surface area contributed by atoms with Crippen LogP contribution in [0.2, 0.25) is 0 Å². The van der Waals surface area contributed by atoms with Gasteiger partial charge in [0.25, 0.3) is 15.9 Å². The van der Waals surface area contributed by atoms with Crippen molar-refractivity contribution in [3.05, 3.63) is 71.1 Å². The monoisotopic (exact) mass is 684 g/mol. The molecule has 13 heteroatoms. The van der Waals surface area contributed by atoms with Crippen molar-refractivity contribution in [1.82, 2.24) is 15.0 Å². The number of sulfonamides is 1. The summed E-state index contributed by atoms with van der Waals surface area (Å²) in [5, 5.41) is 14.0. The minimum Gasteiger partial charge on any atom is -0.490 e. The Labute approximate surface area is 283 Å². The fraction of sp³-hybridized carbons (Fsp3) is 0.514. The molecule has 0 unspecified atom stereocenters. The number of nitrogens with one attached hydrogen (secondary N) is 1. The highest BCUT2D eigenvalue weighted by Gasteiger charge is 2.32. The van der Waals surface area contributed by atoms with Gasteiger partial charge in [-0.15, -0.1) is 0 Å². The maximum absolute atomic E-state index is 14.4. The first-order valence-corrected chi connectivity index (χ1v) is 17.9. The lowest BCUT2D eigenvalue weighted by molar-refractivity contribution is -0.131. The van der Waals surface area contributed by atoms with Crippen molar-refractivity contribution in [2.24, 2.45) is 5.92 Å². The number of nitrogens with zero attached hydrogens (tertiary/aromatic N) is 3. The normalized spacial score (nSPS) is 20.3. The van der Waals surface area contributed by atoms with Gasteiger partial charge in [-0.3, -0.25) is 14.3 Å². The molecule has 0 fully saturated rings. The van der Waals surface area contributed by atoms with Gasteiger partial charge < -0.3 is 28.9 Å². The van der Waals surface area contributed by atoms with Crippen molar-refractivity contribution in [1.29, 1.82) is 0 Å². The van der Waals surface area contributed by atoms with E-state index in [0.717, 1.165) is 18.4 Å². The standard InChI is InChI=1S/C35H48N4O8S/c1-23-20-39(24(2)22-40)35(42)30-19-29(37-48(43,44)34-26(4)36-47-27(34)5)15-16-31(30)46-25(3)12-10-11-17-45-32(23)21-38(6)33(41)18-28-13-8-7-9-14-28/h7-9,13-16,19,23-25,32,37,40H,10-12,17-18,20-22H2,1-6H3/t23-,24-,25+,32-/m1/s1. The van der Waals surface area contributed by atoms with Crippen LogP contribution < -0.4 is 9.46 Å². The third-order valence-corrected chi connectivity index (χ3v) is 10.2. The zero-order valence-corrected chi connectivity index (χ0v) is 29.5. The second-order valence-electron chi connectivity index (χ2n) is 12.7. The second kappa shape index (κ2) is 16.4. The maximum Gasteiger partial charge on any atom is 0.267 e. The number of aryl methyl sites for hydroxylation is 2. The highest BCUT2D eigenvalue weighted by molar-refractivity contribution is 7.92. The largest absolute Gasteiger partial charge is 0.490 e. The van der Waals surface area contributed by atoms with Crippen LogP contribution in [0, 0.1) is 19.8 Å². The molecule has 262 valence electrons. The molecule has 2 amide bonds. The first-order chi connectivity index (χ1) is 22.8. The quantitative estimate of drug-likeness (QED) is 0.330. The van der Waals surface area contributed by atoms with Gasteiger partial charge in [-0.05, 0) is 70.7 Å². The lowest BCUT2D eigenvalue weighted by Gasteiger charge is -2.36. The van der Waals surface area contributed by atoms with Crippen LogP contribution in [-0.4, -0.2) is 91.9 Å². The van der Waals surface area contributed by atoms with Gasteiger partial charge in [-0.2, -0.15) is 0 Å². The van der Waals surface area contributed by atoms with Gasteiger partial charge in [-0.1, -0.05) is 42.4 Å². The summed E-state index contributed by atoms with van der Waals surface area (Å²) in [5.74, 6) is -0.255. The van der Waals surface area contributed by atoms with Gasteiger partial charge in [0.2, 0.25) is 5.91 Å². The topological polar surface area (TPSA) is 152 Å². The van der Waals surface area contributed by atoms with Crippen molar-refractivity contribution in [2.75, 3.05) is 38.1 Å². The van der Waals surface area contributed by atoms with Crippen LogP contribution in [0.25, 0.3) is 0 Å². The average Bonchev–Trinajstić information content (AvgIpc) is 3.40. The number of hydrogen-bond donors (Lipinski definition) is 2. The van der Waals surface area contributed by atoms with Crippen LogP contribution >= 0.6 is 0 Å². The third-order valence-electron chi connectivity index (χ3n) is 8.62. The highest BCUT2D eigenvalue weighted by Crippen LogP contribution is 2.30. The molecular formula is C35H48N4O8S. The predicted molar refractivity (Wildman–Crippen MR) is 181 cm³/mol. The molecule has 0 saturated carbocycles. The molecule has 0 saturated heterocycles. The van der Waals surface area contributed by atoms with Gasteiger partial charge in [0.15, 0.2) is 10.7 Å². The molecule has 1 aromatic heterocycles. The summed E-state index contributed by atoms with van der Waals surface area (Å²) in [7, 11) is -2.33. The molecule has 3 aromatic rings. The number of aromatic nitrogens is 1. The first-order valence-electron chi connectivity index (χ1n) is 16.4. The van der Waals surface area contributed by atoms with E-state index in [0.29, 0.717) is 25.3 Å². The van der Waals surface area contributed by atoms with Crippen LogP contribution in [0.3, 0.4) is 0 Å². The van der Waals surface area contributed by atoms with E-state index >= 15 is 0 Å². The number of aliphatic hydroxyl groups is 1. The van der Waals surface area contributed by atoms with Gasteiger partial charge in [0, 0.05) is 38.3 Å². The molecule has 4 rings (SSSR count). The molecule has 1 aliphatic rings. The van der Waals surface area contributed by atoms with Crippen molar-refractivity contribution >= 4 is 27.5 Å². The summed E-state index contributed by atoms with van der Waals surface area (Å²) < 4.78 is 46.9. The van der Waals surface area contributed by atoms with Gasteiger partial charge in [0.1, 0.15) is 11.4 Å². The van der Waals surface area contributed by atoms with Crippen molar-refractivity contribution in [3.8, 4) is 5.75 Å². The lowest BCUT2D eigenvalue weighted by Crippen LogP contribution is -2.48. The minimum absolute atomic E-state index is 0.0421. The summed E-state index contributed by atoms with van der Waals surface area (Å²) >= 11 is 0. The van der Waals surface area contributed by atoms with E-state index in [9.17, 15) is 23.1 Å². The van der Waals surface area contributed by atoms with Crippen molar-refractivity contribution < 1.29 is 37.1 Å². The Morgan fingerprint density at radius 2 is 1.88 bits per heavy atom. The van der Waals surface area contributed by atoms with Crippen LogP contribution in [0.5, 0.6) is 5.75 Å². The number of carbonyl (C=O) groups excluding carboxylic acids is 2. The number of likely N-dealkylation sites (N-methyl/N-ethyl adjacent to an activating group) is 1. The summed E-state index contributed by atoms with van der Waals surface area (Å²) in [6.07, 6.45) is 1.93. The number of ether oxygens (including phenoxy) is 2. The molecule has 0 aliphatic carbocycles. The summed E-state index contributed by atoms with van der Waals surface area (Å²) in [6.45, 7) is 9.39. The van der Waals surface area contributed by atoms with Crippen LogP contribution in [0.15, 0.2) is 57.9 Å². The fourth-order valence-electron chi connectivity index (χ4n) is 5.79. The molecule has 2 heterocycles. The number of rotatable bonds is 9. The van der Waals surface area contributed by atoms with E-state index in [1.54, 1.807) is 35.9 Å². The third kappa shape index (κ3) is 9.36. The summed E-state index contributed by atoms with van der Waals surface area (Å²) in [6, 6.07) is 13.6. The molecular weight excluding hydrogens is 636 g/mol. The molecule has 12 nitrogen and oxygen atoms in total. The number of benzene rings is 2. The zero-order valence-electron chi connectivity index (χ0n) is 28.6. The Morgan fingerprint density at radius 3 is 2.54 bits per heavy atom. The van der Waals surface area contributed by atoms with E-state index in [-0.39, 0.29) is 71.2 Å². The number of anilines is 1. The Balaban J connectivity index is 1.64. The van der Waals surface area contributed by atoms with Gasteiger partial charge in [0.05, 0.1) is 36.8 Å². The molecule has 48 heavy (non-hydrogen) atoms. The van der Waals surface area contributed by atoms with E-state index in [2.05, 4.69) is 9.88 Å². The Kier molecular flexibility index (Phi) is 12.6. The molecule has 2 aromatic carbocycles. The van der Waals surface area contributed by atoms with E-state index in [4.69, 9.17) is 14.0 Å². The highest BCUT2D eigenvalue weighted by atomic mass is 32.2. The maximum atomic E-state index is 14.4. The minimum atomic E-state index is -4.08. The number of carbonyl (C=O) groups is 2. The predicted octanol–water partition coefficient (Wildman–Crippen LogP) is 4.59. The van der Waals surface area contributed by atoms with E-state index in [1.165, 1.54) is 19.9 Å². The molecule has 2 N–H and O–H groups in total. The van der Waals surface area contributed by atoms with Crippen LogP contribution in [0.4, 0.5) is 5.69 Å². The van der Waals surface area contributed by atoms with Crippen molar-refractivity contribution in [2.45, 2.75) is 83.4 Å². The Morgan fingerprint density at radius 1 is 1.15 bits per heavy atom. The number of aliphatic hydroxyl groups excluding tert-OH is 1. The second-order valence-corrected chi connectivity index (χ2v) is 14.3. The smallest absolute Gasteiger partial charge is 0.267 e. The molecule has 1 aliphatic heterocycles. The molecule has 0 bridgehead atoms.